The number of aliphatic hydroxyl groups is 2. The number of hydrogen-bond donors (Lipinski definition) is 2. The molecule has 0 aliphatic heterocycles. The van der Waals surface area contributed by atoms with Crippen molar-refractivity contribution in [3.63, 3.8) is 0 Å². The van der Waals surface area contributed by atoms with Crippen molar-refractivity contribution in [2.45, 2.75) is 96.5 Å². The van der Waals surface area contributed by atoms with Gasteiger partial charge in [-0.3, -0.25) is 4.79 Å². The Labute approximate surface area is 146 Å². The van der Waals surface area contributed by atoms with Gasteiger partial charge in [-0.2, -0.15) is 0 Å². The van der Waals surface area contributed by atoms with Gasteiger partial charge >= 0.3 is 5.97 Å². The summed E-state index contributed by atoms with van der Waals surface area (Å²) in [5, 5.41) is 17.6. The van der Waals surface area contributed by atoms with E-state index in [1.807, 2.05) is 0 Å². The molecule has 0 aromatic rings. The number of ether oxygens (including phenoxy) is 1. The second-order valence-electron chi connectivity index (χ2n) is 6.50. The molecule has 2 N–H and O–H groups in total. The maximum Gasteiger partial charge on any atom is 0.374 e. The first-order valence-corrected chi connectivity index (χ1v) is 9.60. The Hall–Kier alpha value is -0.940. The average molecular weight is 344 g/mol. The van der Waals surface area contributed by atoms with Crippen LogP contribution in [0.1, 0.15) is 90.4 Å². The van der Waals surface area contributed by atoms with E-state index in [1.165, 1.54) is 57.8 Å². The first-order valence-electron chi connectivity index (χ1n) is 9.60. The zero-order valence-corrected chi connectivity index (χ0v) is 15.3. The molecule has 0 bridgehead atoms. The lowest BCUT2D eigenvalue weighted by molar-refractivity contribution is -0.156. The highest BCUT2D eigenvalue weighted by Gasteiger charge is 2.16. The van der Waals surface area contributed by atoms with Crippen LogP contribution in [0.3, 0.4) is 0 Å². The third-order valence-electron chi connectivity index (χ3n) is 4.10. The summed E-state index contributed by atoms with van der Waals surface area (Å²) in [4.78, 5) is 22.8. The zero-order chi connectivity index (χ0) is 18.0. The van der Waals surface area contributed by atoms with Crippen LogP contribution in [0.5, 0.6) is 0 Å². The minimum Gasteiger partial charge on any atom is -0.457 e. The lowest BCUT2D eigenvalue weighted by atomic mass is 10.0. The number of unbranched alkanes of at least 4 members (excludes halogenated alkanes) is 11. The molecule has 5 heteroatoms. The molecule has 0 rings (SSSR count). The molecule has 0 aliphatic carbocycles. The topological polar surface area (TPSA) is 83.8 Å². The van der Waals surface area contributed by atoms with Crippen molar-refractivity contribution in [3.8, 4) is 0 Å². The van der Waals surface area contributed by atoms with Crippen LogP contribution in [-0.4, -0.2) is 41.3 Å². The number of hydrogen-bond acceptors (Lipinski definition) is 5. The predicted molar refractivity (Wildman–Crippen MR) is 94.8 cm³/mol. The molecule has 0 radical (unpaired) electrons. The fourth-order valence-electron chi connectivity index (χ4n) is 2.53. The van der Waals surface area contributed by atoms with Crippen molar-refractivity contribution < 1.29 is 24.5 Å². The maximum absolute atomic E-state index is 11.5. The molecule has 0 spiro atoms. The normalized spacial score (nSPS) is 12.1. The van der Waals surface area contributed by atoms with Gasteiger partial charge in [-0.25, -0.2) is 4.79 Å². The highest BCUT2D eigenvalue weighted by atomic mass is 16.5. The Morgan fingerprint density at radius 2 is 1.29 bits per heavy atom. The summed E-state index contributed by atoms with van der Waals surface area (Å²) in [5.74, 6) is -1.46. The lowest BCUT2D eigenvalue weighted by Gasteiger charge is -2.07. The minimum atomic E-state index is -1.12. The van der Waals surface area contributed by atoms with Crippen LogP contribution in [0.15, 0.2) is 0 Å². The number of carbonyl (C=O) groups is 2. The van der Waals surface area contributed by atoms with E-state index in [0.717, 1.165) is 12.8 Å². The van der Waals surface area contributed by atoms with E-state index in [9.17, 15) is 9.59 Å². The molecule has 5 nitrogen and oxygen atoms in total. The van der Waals surface area contributed by atoms with E-state index in [-0.39, 0.29) is 13.0 Å². The Morgan fingerprint density at radius 1 is 0.833 bits per heavy atom. The lowest BCUT2D eigenvalue weighted by Crippen LogP contribution is -2.25. The van der Waals surface area contributed by atoms with Gasteiger partial charge < -0.3 is 14.9 Å². The fraction of sp³-hybridized carbons (Fsp3) is 0.895. The Bertz CT molecular complexity index is 317. The van der Waals surface area contributed by atoms with Crippen molar-refractivity contribution in [2.75, 3.05) is 13.2 Å². The van der Waals surface area contributed by atoms with Crippen molar-refractivity contribution in [1.82, 2.24) is 0 Å². The van der Waals surface area contributed by atoms with Crippen LogP contribution in [0.2, 0.25) is 0 Å². The summed E-state index contributed by atoms with van der Waals surface area (Å²) in [6.45, 7) is 1.41. The molecule has 1 atom stereocenters. The molecule has 0 saturated heterocycles. The van der Waals surface area contributed by atoms with Gasteiger partial charge in [-0.05, 0) is 6.42 Å². The molecule has 0 aromatic heterocycles. The smallest absolute Gasteiger partial charge is 0.374 e. The second-order valence-corrected chi connectivity index (χ2v) is 6.50. The summed E-state index contributed by atoms with van der Waals surface area (Å²) >= 11 is 0. The molecule has 142 valence electrons. The van der Waals surface area contributed by atoms with E-state index < -0.39 is 24.5 Å². The van der Waals surface area contributed by atoms with E-state index in [0.29, 0.717) is 6.42 Å². The number of carbonyl (C=O) groups excluding carboxylic acids is 2. The SMILES string of the molecule is CCCCCCCCCCCCCCC(=O)C(=O)OCC(O)CO. The van der Waals surface area contributed by atoms with Crippen LogP contribution in [-0.2, 0) is 14.3 Å². The van der Waals surface area contributed by atoms with E-state index in [1.54, 1.807) is 0 Å². The van der Waals surface area contributed by atoms with E-state index >= 15 is 0 Å². The van der Waals surface area contributed by atoms with Gasteiger partial charge in [-0.15, -0.1) is 0 Å². The quantitative estimate of drug-likeness (QED) is 0.239. The zero-order valence-electron chi connectivity index (χ0n) is 15.3. The fourth-order valence-corrected chi connectivity index (χ4v) is 2.53. The number of ketones is 1. The molecule has 0 fully saturated rings. The van der Waals surface area contributed by atoms with Gasteiger partial charge in [0.1, 0.15) is 12.7 Å². The monoisotopic (exact) mass is 344 g/mol. The summed E-state index contributed by atoms with van der Waals surface area (Å²) in [6, 6.07) is 0. The van der Waals surface area contributed by atoms with Crippen LogP contribution < -0.4 is 0 Å². The molecule has 0 saturated carbocycles. The first-order chi connectivity index (χ1) is 11.6. The molecule has 24 heavy (non-hydrogen) atoms. The Morgan fingerprint density at radius 3 is 1.75 bits per heavy atom. The third kappa shape index (κ3) is 14.6. The highest BCUT2D eigenvalue weighted by molar-refractivity contribution is 6.33. The summed E-state index contributed by atoms with van der Waals surface area (Å²) < 4.78 is 4.62. The summed E-state index contributed by atoms with van der Waals surface area (Å²) in [7, 11) is 0. The van der Waals surface area contributed by atoms with Gasteiger partial charge in [0.05, 0.1) is 6.61 Å². The first kappa shape index (κ1) is 23.1. The number of Topliss-reactive ketones (excluding diaryl/α,β-unsaturated/α-hetero) is 1. The van der Waals surface area contributed by atoms with Crippen LogP contribution >= 0.6 is 0 Å². The Kier molecular flexibility index (Phi) is 16.2. The van der Waals surface area contributed by atoms with E-state index in [2.05, 4.69) is 11.7 Å². The number of rotatable bonds is 17. The van der Waals surface area contributed by atoms with Gasteiger partial charge in [-0.1, -0.05) is 77.6 Å². The molecule has 0 amide bonds. The molecule has 1 unspecified atom stereocenters. The molecule has 0 heterocycles. The van der Waals surface area contributed by atoms with Gasteiger partial charge in [0, 0.05) is 6.42 Å². The van der Waals surface area contributed by atoms with Gasteiger partial charge in [0.25, 0.3) is 0 Å². The largest absolute Gasteiger partial charge is 0.457 e. The predicted octanol–water partition coefficient (Wildman–Crippen LogP) is 3.54. The number of aliphatic hydroxyl groups excluding tert-OH is 2. The van der Waals surface area contributed by atoms with Crippen molar-refractivity contribution in [2.24, 2.45) is 0 Å². The maximum atomic E-state index is 11.5. The van der Waals surface area contributed by atoms with Crippen LogP contribution in [0.4, 0.5) is 0 Å². The van der Waals surface area contributed by atoms with Crippen molar-refractivity contribution in [3.05, 3.63) is 0 Å². The number of esters is 1. The van der Waals surface area contributed by atoms with Crippen LogP contribution in [0.25, 0.3) is 0 Å². The molecular formula is C19H36O5. The summed E-state index contributed by atoms with van der Waals surface area (Å²) in [6.07, 6.45) is 13.6. The van der Waals surface area contributed by atoms with Crippen molar-refractivity contribution in [1.29, 1.82) is 0 Å². The Balaban J connectivity index is 3.34. The summed E-state index contributed by atoms with van der Waals surface area (Å²) in [5.41, 5.74) is 0. The van der Waals surface area contributed by atoms with E-state index in [4.69, 9.17) is 10.2 Å². The van der Waals surface area contributed by atoms with Gasteiger partial charge in [0.2, 0.25) is 5.78 Å². The van der Waals surface area contributed by atoms with Crippen LogP contribution in [0, 0.1) is 0 Å². The molecule has 0 aromatic carbocycles. The van der Waals surface area contributed by atoms with Gasteiger partial charge in [0.15, 0.2) is 0 Å². The second kappa shape index (κ2) is 16.9. The minimum absolute atomic E-state index is 0.200. The highest BCUT2D eigenvalue weighted by Crippen LogP contribution is 2.12. The molecule has 0 aliphatic rings. The molecular weight excluding hydrogens is 308 g/mol. The standard InChI is InChI=1S/C19H36O5/c1-2-3-4-5-6-7-8-9-10-11-12-13-14-18(22)19(23)24-16-17(21)15-20/h17,20-21H,2-16H2,1H3. The third-order valence-corrected chi connectivity index (χ3v) is 4.10. The van der Waals surface area contributed by atoms with Crippen molar-refractivity contribution >= 4 is 11.8 Å². The average Bonchev–Trinajstić information content (AvgIpc) is 2.59.